The highest BCUT2D eigenvalue weighted by atomic mass is 15.6. The highest BCUT2D eigenvalue weighted by Crippen LogP contribution is 2.15. The van der Waals surface area contributed by atoms with Gasteiger partial charge in [0.05, 0.1) is 6.20 Å². The number of pyridine rings is 1. The van der Waals surface area contributed by atoms with E-state index in [4.69, 9.17) is 5.73 Å². The van der Waals surface area contributed by atoms with E-state index in [-0.39, 0.29) is 0 Å². The highest BCUT2D eigenvalue weighted by molar-refractivity contribution is 5.53. The van der Waals surface area contributed by atoms with Crippen LogP contribution in [0.4, 0.5) is 0 Å². The number of benzene rings is 1. The number of tetrazole rings is 1. The molecule has 0 aliphatic rings. The van der Waals surface area contributed by atoms with Crippen LogP contribution in [0, 0.1) is 0 Å². The first-order valence-corrected chi connectivity index (χ1v) is 5.87. The Morgan fingerprint density at radius 3 is 2.74 bits per heavy atom. The minimum atomic E-state index is 0.403. The van der Waals surface area contributed by atoms with Crippen LogP contribution in [0.1, 0.15) is 5.56 Å². The number of rotatable bonds is 3. The number of aromatic nitrogens is 5. The predicted octanol–water partition coefficient (Wildman–Crippen LogP) is 1.18. The van der Waals surface area contributed by atoms with Gasteiger partial charge in [0.1, 0.15) is 5.69 Å². The van der Waals surface area contributed by atoms with E-state index in [1.54, 1.807) is 12.4 Å². The first-order chi connectivity index (χ1) is 9.38. The number of nitrogens with two attached hydrogens (primary N) is 1. The molecule has 0 radical (unpaired) electrons. The molecule has 3 aromatic rings. The molecule has 2 N–H and O–H groups in total. The molecule has 2 heterocycles. The van der Waals surface area contributed by atoms with Gasteiger partial charge in [0.15, 0.2) is 0 Å². The summed E-state index contributed by atoms with van der Waals surface area (Å²) in [6.45, 7) is 0.403. The van der Waals surface area contributed by atoms with Crippen LogP contribution in [-0.2, 0) is 6.54 Å². The van der Waals surface area contributed by atoms with Crippen LogP contribution < -0.4 is 5.73 Å². The van der Waals surface area contributed by atoms with E-state index in [9.17, 15) is 0 Å². The molecule has 19 heavy (non-hydrogen) atoms. The van der Waals surface area contributed by atoms with Crippen LogP contribution in [0.5, 0.6) is 0 Å². The van der Waals surface area contributed by atoms with Crippen molar-refractivity contribution in [2.75, 3.05) is 0 Å². The van der Waals surface area contributed by atoms with Crippen molar-refractivity contribution in [1.29, 1.82) is 0 Å². The van der Waals surface area contributed by atoms with Gasteiger partial charge in [0.25, 0.3) is 0 Å². The third-order valence-corrected chi connectivity index (χ3v) is 2.77. The Balaban J connectivity index is 2.02. The predicted molar refractivity (Wildman–Crippen MR) is 70.3 cm³/mol. The molecule has 0 unspecified atom stereocenters. The van der Waals surface area contributed by atoms with Crippen molar-refractivity contribution in [2.45, 2.75) is 6.54 Å². The zero-order valence-corrected chi connectivity index (χ0v) is 10.1. The fourth-order valence-corrected chi connectivity index (χ4v) is 1.79. The SMILES string of the molecule is NCc1ccncc1-n1nnc(-c2ccccc2)n1. The van der Waals surface area contributed by atoms with Crippen LogP contribution in [0.2, 0.25) is 0 Å². The zero-order chi connectivity index (χ0) is 13.1. The molecule has 0 amide bonds. The van der Waals surface area contributed by atoms with Gasteiger partial charge in [-0.2, -0.15) is 0 Å². The maximum atomic E-state index is 5.69. The Hall–Kier alpha value is -2.60. The minimum absolute atomic E-state index is 0.403. The molecule has 3 rings (SSSR count). The third-order valence-electron chi connectivity index (χ3n) is 2.77. The van der Waals surface area contributed by atoms with Crippen LogP contribution in [0.25, 0.3) is 17.1 Å². The zero-order valence-electron chi connectivity index (χ0n) is 10.1. The molecule has 0 aliphatic carbocycles. The van der Waals surface area contributed by atoms with E-state index in [0.29, 0.717) is 12.4 Å². The Kier molecular flexibility index (Phi) is 2.99. The number of nitrogens with zero attached hydrogens (tertiary/aromatic N) is 5. The van der Waals surface area contributed by atoms with Crippen LogP contribution in [0.3, 0.4) is 0 Å². The molecule has 6 nitrogen and oxygen atoms in total. The molecule has 0 saturated heterocycles. The summed E-state index contributed by atoms with van der Waals surface area (Å²) < 4.78 is 0. The molecule has 94 valence electrons. The van der Waals surface area contributed by atoms with Crippen molar-refractivity contribution in [2.24, 2.45) is 5.73 Å². The summed E-state index contributed by atoms with van der Waals surface area (Å²) >= 11 is 0. The lowest BCUT2D eigenvalue weighted by molar-refractivity contribution is 0.708. The van der Waals surface area contributed by atoms with E-state index in [1.165, 1.54) is 4.80 Å². The molecular weight excluding hydrogens is 240 g/mol. The Morgan fingerprint density at radius 1 is 1.11 bits per heavy atom. The Bertz CT molecular complexity index is 676. The van der Waals surface area contributed by atoms with Gasteiger partial charge in [-0.05, 0) is 16.8 Å². The molecule has 1 aromatic carbocycles. The minimum Gasteiger partial charge on any atom is -0.326 e. The smallest absolute Gasteiger partial charge is 0.205 e. The summed E-state index contributed by atoms with van der Waals surface area (Å²) in [5.41, 5.74) is 8.28. The Labute approximate surface area is 109 Å². The van der Waals surface area contributed by atoms with Gasteiger partial charge >= 0.3 is 0 Å². The quantitative estimate of drug-likeness (QED) is 0.757. The molecule has 0 bridgehead atoms. The van der Waals surface area contributed by atoms with Crippen molar-refractivity contribution < 1.29 is 0 Å². The van der Waals surface area contributed by atoms with Crippen molar-refractivity contribution >= 4 is 0 Å². The van der Waals surface area contributed by atoms with E-state index < -0.39 is 0 Å². The van der Waals surface area contributed by atoms with Crippen molar-refractivity contribution in [3.05, 3.63) is 54.4 Å². The van der Waals surface area contributed by atoms with Crippen LogP contribution in [0.15, 0.2) is 48.8 Å². The standard InChI is InChI=1S/C13H12N6/c14-8-11-6-7-15-9-12(11)19-17-13(16-18-19)10-4-2-1-3-5-10/h1-7,9H,8,14H2. The fourth-order valence-electron chi connectivity index (χ4n) is 1.79. The monoisotopic (exact) mass is 252 g/mol. The van der Waals surface area contributed by atoms with Gasteiger partial charge in [-0.15, -0.1) is 15.0 Å². The van der Waals surface area contributed by atoms with Crippen LogP contribution >= 0.6 is 0 Å². The number of hydrogen-bond acceptors (Lipinski definition) is 5. The molecule has 0 aliphatic heterocycles. The molecule has 2 aromatic heterocycles. The van der Waals surface area contributed by atoms with Crippen molar-refractivity contribution in [3.8, 4) is 17.1 Å². The second-order valence-electron chi connectivity index (χ2n) is 3.98. The molecule has 6 heteroatoms. The average molecular weight is 252 g/mol. The van der Waals surface area contributed by atoms with E-state index in [0.717, 1.165) is 16.8 Å². The second kappa shape index (κ2) is 4.95. The number of hydrogen-bond donors (Lipinski definition) is 1. The summed E-state index contributed by atoms with van der Waals surface area (Å²) in [5.74, 6) is 0.576. The van der Waals surface area contributed by atoms with Crippen molar-refractivity contribution in [3.63, 3.8) is 0 Å². The fraction of sp³-hybridized carbons (Fsp3) is 0.0769. The summed E-state index contributed by atoms with van der Waals surface area (Å²) in [7, 11) is 0. The maximum Gasteiger partial charge on any atom is 0.205 e. The van der Waals surface area contributed by atoms with Gasteiger partial charge in [-0.3, -0.25) is 4.98 Å². The summed E-state index contributed by atoms with van der Waals surface area (Å²) in [5, 5.41) is 12.5. The van der Waals surface area contributed by atoms with Gasteiger partial charge in [-0.25, -0.2) is 0 Å². The summed E-state index contributed by atoms with van der Waals surface area (Å²) in [6, 6.07) is 11.5. The average Bonchev–Trinajstić information content (AvgIpc) is 2.98. The lowest BCUT2D eigenvalue weighted by atomic mass is 10.2. The lowest BCUT2D eigenvalue weighted by Crippen LogP contribution is -2.07. The normalized spacial score (nSPS) is 10.6. The second-order valence-corrected chi connectivity index (χ2v) is 3.98. The van der Waals surface area contributed by atoms with E-state index >= 15 is 0 Å². The van der Waals surface area contributed by atoms with Gasteiger partial charge in [-0.1, -0.05) is 30.3 Å². The molecule has 0 atom stereocenters. The van der Waals surface area contributed by atoms with E-state index in [1.807, 2.05) is 36.4 Å². The molecule has 0 spiro atoms. The molecular formula is C13H12N6. The first kappa shape index (κ1) is 11.5. The van der Waals surface area contributed by atoms with E-state index in [2.05, 4.69) is 20.4 Å². The first-order valence-electron chi connectivity index (χ1n) is 5.87. The Morgan fingerprint density at radius 2 is 1.95 bits per heavy atom. The van der Waals surface area contributed by atoms with Gasteiger partial charge < -0.3 is 5.73 Å². The van der Waals surface area contributed by atoms with Crippen LogP contribution in [-0.4, -0.2) is 25.2 Å². The lowest BCUT2D eigenvalue weighted by Gasteiger charge is -2.03. The topological polar surface area (TPSA) is 82.5 Å². The van der Waals surface area contributed by atoms with Crippen molar-refractivity contribution in [1.82, 2.24) is 25.2 Å². The molecule has 0 saturated carbocycles. The maximum absolute atomic E-state index is 5.69. The van der Waals surface area contributed by atoms with Gasteiger partial charge in [0.2, 0.25) is 5.82 Å². The third kappa shape index (κ3) is 2.21. The largest absolute Gasteiger partial charge is 0.326 e. The summed E-state index contributed by atoms with van der Waals surface area (Å²) in [4.78, 5) is 5.52. The highest BCUT2D eigenvalue weighted by Gasteiger charge is 2.09. The molecule has 0 fully saturated rings. The van der Waals surface area contributed by atoms with Gasteiger partial charge in [0, 0.05) is 18.3 Å². The summed E-state index contributed by atoms with van der Waals surface area (Å²) in [6.07, 6.45) is 3.37.